The van der Waals surface area contributed by atoms with Crippen LogP contribution in [0.5, 0.6) is 11.5 Å². The van der Waals surface area contributed by atoms with Gasteiger partial charge in [0, 0.05) is 5.92 Å². The first-order valence-electron chi connectivity index (χ1n) is 9.69. The van der Waals surface area contributed by atoms with Gasteiger partial charge in [0.05, 0.1) is 26.9 Å². The van der Waals surface area contributed by atoms with Gasteiger partial charge >= 0.3 is 0 Å². The predicted octanol–water partition coefficient (Wildman–Crippen LogP) is 5.54. The van der Waals surface area contributed by atoms with Crippen LogP contribution in [0.1, 0.15) is 43.9 Å². The highest BCUT2D eigenvalue weighted by Crippen LogP contribution is 2.44. The predicted molar refractivity (Wildman–Crippen MR) is 117 cm³/mol. The van der Waals surface area contributed by atoms with Gasteiger partial charge in [0.15, 0.2) is 8.32 Å². The number of rotatable bonds is 8. The van der Waals surface area contributed by atoms with Gasteiger partial charge in [-0.05, 0) is 53.5 Å². The molecule has 154 valence electrons. The number of hydrogen-bond acceptors (Lipinski definition) is 4. The van der Waals surface area contributed by atoms with Crippen LogP contribution >= 0.6 is 0 Å². The molecule has 0 amide bonds. The molecule has 2 aromatic carbocycles. The van der Waals surface area contributed by atoms with Crippen LogP contribution in [0.4, 0.5) is 0 Å². The van der Waals surface area contributed by atoms with Crippen LogP contribution in [0.3, 0.4) is 0 Å². The molecule has 0 aromatic heterocycles. The van der Waals surface area contributed by atoms with Crippen LogP contribution in [0, 0.1) is 0 Å². The molecule has 28 heavy (non-hydrogen) atoms. The van der Waals surface area contributed by atoms with Crippen molar-refractivity contribution in [3.05, 3.63) is 59.7 Å². The summed E-state index contributed by atoms with van der Waals surface area (Å²) < 4.78 is 17.4. The van der Waals surface area contributed by atoms with Gasteiger partial charge in [0.25, 0.3) is 0 Å². The van der Waals surface area contributed by atoms with Crippen molar-refractivity contribution < 1.29 is 19.0 Å². The van der Waals surface area contributed by atoms with E-state index < -0.39 is 8.32 Å². The van der Waals surface area contributed by atoms with Gasteiger partial charge < -0.3 is 19.0 Å². The maximum Gasteiger partial charge on any atom is 0.192 e. The molecule has 1 N–H and O–H groups in total. The lowest BCUT2D eigenvalue weighted by atomic mass is 9.90. The largest absolute Gasteiger partial charge is 0.497 e. The van der Waals surface area contributed by atoms with Crippen LogP contribution in [0.15, 0.2) is 48.5 Å². The van der Waals surface area contributed by atoms with E-state index in [-0.39, 0.29) is 23.7 Å². The van der Waals surface area contributed by atoms with Gasteiger partial charge in [-0.3, -0.25) is 0 Å². The highest BCUT2D eigenvalue weighted by molar-refractivity contribution is 6.74. The molecule has 0 bridgehead atoms. The minimum Gasteiger partial charge on any atom is -0.497 e. The minimum atomic E-state index is -2.07. The first-order chi connectivity index (χ1) is 13.1. The summed E-state index contributed by atoms with van der Waals surface area (Å²) in [5, 5.41) is 10.4. The Morgan fingerprint density at radius 2 is 1.25 bits per heavy atom. The lowest BCUT2D eigenvalue weighted by Crippen LogP contribution is -2.43. The molecule has 4 nitrogen and oxygen atoms in total. The Balaban J connectivity index is 2.47. The van der Waals surface area contributed by atoms with Crippen LogP contribution < -0.4 is 9.47 Å². The third kappa shape index (κ3) is 5.16. The minimum absolute atomic E-state index is 0.00233. The number of ether oxygens (including phenoxy) is 2. The Morgan fingerprint density at radius 1 is 0.821 bits per heavy atom. The van der Waals surface area contributed by atoms with Crippen molar-refractivity contribution in [2.45, 2.75) is 50.9 Å². The van der Waals surface area contributed by atoms with E-state index in [0.29, 0.717) is 0 Å². The quantitative estimate of drug-likeness (QED) is 0.589. The number of methoxy groups -OCH3 is 2. The van der Waals surface area contributed by atoms with Crippen molar-refractivity contribution in [2.24, 2.45) is 0 Å². The van der Waals surface area contributed by atoms with Crippen molar-refractivity contribution in [2.75, 3.05) is 20.8 Å². The van der Waals surface area contributed by atoms with E-state index in [9.17, 15) is 5.11 Å². The van der Waals surface area contributed by atoms with Crippen LogP contribution in [-0.2, 0) is 4.43 Å². The molecule has 0 spiro atoms. The molecule has 0 heterocycles. The topological polar surface area (TPSA) is 47.9 Å². The maximum absolute atomic E-state index is 10.3. The van der Waals surface area contributed by atoms with Crippen molar-refractivity contribution in [1.29, 1.82) is 0 Å². The standard InChI is InChI=1S/C23H34O4Si/c1-23(2,3)28(6,7)27-22(18-10-14-20(26-5)15-11-18)21(16-24)17-8-12-19(25-4)13-9-17/h8-15,21-22,24H,16H2,1-7H3/t21-,22+/m1/s1. The van der Waals surface area contributed by atoms with Gasteiger partial charge in [-0.2, -0.15) is 0 Å². The SMILES string of the molecule is COc1ccc([C@@H](CO)[C@@H](O[Si](C)(C)C(C)(C)C)c2ccc(OC)cc2)cc1. The molecule has 2 aromatic rings. The van der Waals surface area contributed by atoms with E-state index in [2.05, 4.69) is 33.9 Å². The summed E-state index contributed by atoms with van der Waals surface area (Å²) in [5.41, 5.74) is 2.07. The fraction of sp³-hybridized carbons (Fsp3) is 0.478. The van der Waals surface area contributed by atoms with E-state index in [4.69, 9.17) is 13.9 Å². The molecule has 0 radical (unpaired) electrons. The van der Waals surface area contributed by atoms with Crippen LogP contribution in [0.25, 0.3) is 0 Å². The molecular formula is C23H34O4Si. The second-order valence-electron chi connectivity index (χ2n) is 8.63. The third-order valence-corrected chi connectivity index (χ3v) is 10.2. The van der Waals surface area contributed by atoms with E-state index >= 15 is 0 Å². The van der Waals surface area contributed by atoms with E-state index in [1.54, 1.807) is 14.2 Å². The van der Waals surface area contributed by atoms with E-state index in [1.165, 1.54) is 0 Å². The average molecular weight is 403 g/mol. The summed E-state index contributed by atoms with van der Waals surface area (Å²) in [6.45, 7) is 11.2. The normalized spacial score (nSPS) is 14.4. The highest BCUT2D eigenvalue weighted by atomic mass is 28.4. The van der Waals surface area contributed by atoms with Crippen molar-refractivity contribution in [3.63, 3.8) is 0 Å². The Kier molecular flexibility index (Phi) is 7.32. The molecule has 0 unspecified atom stereocenters. The summed E-state index contributed by atoms with van der Waals surface area (Å²) >= 11 is 0. The van der Waals surface area contributed by atoms with Crippen molar-refractivity contribution in [1.82, 2.24) is 0 Å². The second-order valence-corrected chi connectivity index (χ2v) is 13.4. The zero-order valence-corrected chi connectivity index (χ0v) is 19.2. The first-order valence-corrected chi connectivity index (χ1v) is 12.6. The molecule has 0 saturated heterocycles. The summed E-state index contributed by atoms with van der Waals surface area (Å²) in [6, 6.07) is 15.8. The smallest absolute Gasteiger partial charge is 0.192 e. The van der Waals surface area contributed by atoms with Crippen LogP contribution in [-0.4, -0.2) is 34.3 Å². The molecule has 2 atom stereocenters. The third-order valence-electron chi connectivity index (χ3n) is 5.78. The highest BCUT2D eigenvalue weighted by Gasteiger charge is 2.41. The molecule has 2 rings (SSSR count). The first kappa shape index (κ1) is 22.5. The second kappa shape index (κ2) is 9.12. The molecule has 5 heteroatoms. The monoisotopic (exact) mass is 402 g/mol. The van der Waals surface area contributed by atoms with E-state index in [0.717, 1.165) is 22.6 Å². The molecular weight excluding hydrogens is 368 g/mol. The lowest BCUT2D eigenvalue weighted by molar-refractivity contribution is 0.114. The number of aliphatic hydroxyl groups excluding tert-OH is 1. The zero-order chi connectivity index (χ0) is 20.9. The molecule has 0 aliphatic carbocycles. The Bertz CT molecular complexity index is 733. The van der Waals surface area contributed by atoms with Gasteiger partial charge in [-0.15, -0.1) is 0 Å². The summed E-state index contributed by atoms with van der Waals surface area (Å²) in [5.74, 6) is 1.43. The molecule has 0 aliphatic heterocycles. The van der Waals surface area contributed by atoms with Gasteiger partial charge in [-0.1, -0.05) is 45.0 Å². The van der Waals surface area contributed by atoms with Crippen LogP contribution in [0.2, 0.25) is 18.1 Å². The molecule has 0 saturated carbocycles. The Hall–Kier alpha value is -1.82. The van der Waals surface area contributed by atoms with Gasteiger partial charge in [-0.25, -0.2) is 0 Å². The van der Waals surface area contributed by atoms with Gasteiger partial charge in [0.2, 0.25) is 0 Å². The maximum atomic E-state index is 10.3. The summed E-state index contributed by atoms with van der Waals surface area (Å²) in [4.78, 5) is 0. The van der Waals surface area contributed by atoms with E-state index in [1.807, 2.05) is 48.5 Å². The molecule has 0 fully saturated rings. The molecule has 0 aliphatic rings. The Morgan fingerprint density at radius 3 is 1.61 bits per heavy atom. The van der Waals surface area contributed by atoms with Crippen molar-refractivity contribution in [3.8, 4) is 11.5 Å². The average Bonchev–Trinajstić information content (AvgIpc) is 2.67. The summed E-state index contributed by atoms with van der Waals surface area (Å²) in [6.07, 6.45) is -0.245. The van der Waals surface area contributed by atoms with Crippen molar-refractivity contribution >= 4 is 8.32 Å². The zero-order valence-electron chi connectivity index (χ0n) is 18.2. The number of aliphatic hydroxyl groups is 1. The lowest BCUT2D eigenvalue weighted by Gasteiger charge is -2.41. The number of hydrogen-bond donors (Lipinski definition) is 1. The van der Waals surface area contributed by atoms with Gasteiger partial charge in [0.1, 0.15) is 11.5 Å². The number of benzene rings is 2. The fourth-order valence-electron chi connectivity index (χ4n) is 2.90. The Labute approximate surface area is 170 Å². The fourth-order valence-corrected chi connectivity index (χ4v) is 4.19. The summed E-state index contributed by atoms with van der Waals surface area (Å²) in [7, 11) is 1.24.